The van der Waals surface area contributed by atoms with Gasteiger partial charge in [0.25, 0.3) is 11.1 Å². The summed E-state index contributed by atoms with van der Waals surface area (Å²) in [5, 5.41) is 14.0. The molecule has 0 spiro atoms. The number of aliphatic carboxylic acids is 1. The molecule has 8 nitrogen and oxygen atoms in total. The number of fused-ring (bicyclic) bond motifs is 1. The Kier molecular flexibility index (Phi) is 6.74. The Bertz CT molecular complexity index is 1500. The van der Waals surface area contributed by atoms with Crippen LogP contribution in [0.4, 0.5) is 18.0 Å². The maximum Gasteiger partial charge on any atom is 0.416 e. The van der Waals surface area contributed by atoms with Crippen molar-refractivity contribution in [2.24, 2.45) is 0 Å². The van der Waals surface area contributed by atoms with Crippen molar-refractivity contribution in [3.63, 3.8) is 0 Å². The first-order chi connectivity index (χ1) is 18.0. The molecule has 0 bridgehead atoms. The number of carbonyl (C=O) groups excluding carboxylic acids is 2. The summed E-state index contributed by atoms with van der Waals surface area (Å²) in [5.74, 6) is -1.95. The molecule has 5 rings (SSSR count). The number of benzene rings is 2. The Hall–Kier alpha value is -3.35. The number of carbonyl (C=O) groups is 3. The number of aromatic nitrogens is 2. The Morgan fingerprint density at radius 3 is 2.61 bits per heavy atom. The fourth-order valence-corrected chi connectivity index (χ4v) is 5.75. The minimum Gasteiger partial charge on any atom is -0.479 e. The van der Waals surface area contributed by atoms with Gasteiger partial charge in [-0.15, -0.1) is 0 Å². The van der Waals surface area contributed by atoms with Crippen LogP contribution in [0.5, 0.6) is 0 Å². The highest BCUT2D eigenvalue weighted by Crippen LogP contribution is 2.41. The van der Waals surface area contributed by atoms with Gasteiger partial charge in [-0.05, 0) is 53.2 Å². The quantitative estimate of drug-likeness (QED) is 0.412. The van der Waals surface area contributed by atoms with Gasteiger partial charge < -0.3 is 9.84 Å². The van der Waals surface area contributed by atoms with E-state index in [0.29, 0.717) is 28.2 Å². The second-order valence-electron chi connectivity index (χ2n) is 8.89. The Morgan fingerprint density at radius 1 is 1.18 bits per heavy atom. The van der Waals surface area contributed by atoms with E-state index in [2.05, 4.69) is 5.10 Å². The second-order valence-corrected chi connectivity index (χ2v) is 10.3. The number of halogens is 4. The van der Waals surface area contributed by atoms with Crippen molar-refractivity contribution in [3.05, 3.63) is 69.2 Å². The molecule has 3 aromatic rings. The fourth-order valence-electron chi connectivity index (χ4n) is 4.66. The van der Waals surface area contributed by atoms with Gasteiger partial charge in [-0.3, -0.25) is 19.2 Å². The molecule has 0 radical (unpaired) electrons. The zero-order valence-corrected chi connectivity index (χ0v) is 21.1. The molecule has 0 unspecified atom stereocenters. The maximum absolute atomic E-state index is 13.5. The van der Waals surface area contributed by atoms with Crippen molar-refractivity contribution in [2.45, 2.75) is 31.1 Å². The second kappa shape index (κ2) is 9.75. The van der Waals surface area contributed by atoms with Crippen molar-refractivity contribution >= 4 is 57.5 Å². The predicted molar refractivity (Wildman–Crippen MR) is 134 cm³/mol. The fraction of sp³-hybridized carbons (Fsp3) is 0.280. The van der Waals surface area contributed by atoms with Crippen LogP contribution in [0.25, 0.3) is 17.0 Å². The molecule has 1 N–H and O–H groups in total. The van der Waals surface area contributed by atoms with Gasteiger partial charge in [0.1, 0.15) is 0 Å². The Morgan fingerprint density at radius 2 is 1.92 bits per heavy atom. The number of nitrogens with zero attached hydrogens (tertiary/aromatic N) is 3. The summed E-state index contributed by atoms with van der Waals surface area (Å²) in [6, 6.07) is 8.55. The number of rotatable bonds is 5. The zero-order chi connectivity index (χ0) is 27.2. The predicted octanol–water partition coefficient (Wildman–Crippen LogP) is 5.43. The van der Waals surface area contributed by atoms with Gasteiger partial charge in [0, 0.05) is 36.5 Å². The topological polar surface area (TPSA) is 102 Å². The molecule has 2 aromatic carbocycles. The summed E-state index contributed by atoms with van der Waals surface area (Å²) >= 11 is 6.43. The maximum atomic E-state index is 13.5. The lowest BCUT2D eigenvalue weighted by atomic mass is 9.88. The number of hydrogen-bond donors (Lipinski definition) is 1. The molecule has 0 aliphatic carbocycles. The molecule has 13 heteroatoms. The van der Waals surface area contributed by atoms with Crippen LogP contribution in [-0.4, -0.2) is 55.7 Å². The largest absolute Gasteiger partial charge is 0.479 e. The molecule has 2 aliphatic rings. The molecule has 38 heavy (non-hydrogen) atoms. The van der Waals surface area contributed by atoms with E-state index in [1.165, 1.54) is 29.1 Å². The van der Waals surface area contributed by atoms with E-state index in [1.54, 1.807) is 18.2 Å². The van der Waals surface area contributed by atoms with Crippen LogP contribution in [0, 0.1) is 0 Å². The molecule has 2 amide bonds. The first-order valence-corrected chi connectivity index (χ1v) is 12.6. The summed E-state index contributed by atoms with van der Waals surface area (Å²) < 4.78 is 47.2. The van der Waals surface area contributed by atoms with E-state index >= 15 is 0 Å². The number of thioether (sulfide) groups is 1. The first-order valence-electron chi connectivity index (χ1n) is 11.4. The van der Waals surface area contributed by atoms with Crippen molar-refractivity contribution in [1.29, 1.82) is 0 Å². The number of amides is 2. The van der Waals surface area contributed by atoms with E-state index in [9.17, 15) is 32.7 Å². The SMILES string of the molecule is O=C1SC(=Cc2ccc3c(cnn3Cc3ccc(Cl)cc3C(F)(F)F)c2)C(=O)N1C1(C(=O)O)CCOCC1. The molecule has 0 saturated carbocycles. The number of imide groups is 1. The van der Waals surface area contributed by atoms with Gasteiger partial charge >= 0.3 is 12.1 Å². The molecule has 2 fully saturated rings. The minimum absolute atomic E-state index is 0.00245. The van der Waals surface area contributed by atoms with Gasteiger partial charge in [0.05, 0.1) is 28.7 Å². The third-order valence-corrected chi connectivity index (χ3v) is 7.71. The number of alkyl halides is 3. The average Bonchev–Trinajstić information content (AvgIpc) is 3.39. The van der Waals surface area contributed by atoms with E-state index in [1.807, 2.05) is 0 Å². The molecule has 198 valence electrons. The lowest BCUT2D eigenvalue weighted by Gasteiger charge is -2.38. The summed E-state index contributed by atoms with van der Waals surface area (Å²) in [6.07, 6.45) is -1.60. The number of ether oxygens (including phenoxy) is 1. The van der Waals surface area contributed by atoms with Crippen LogP contribution < -0.4 is 0 Å². The highest BCUT2D eigenvalue weighted by Gasteiger charge is 2.54. The van der Waals surface area contributed by atoms with E-state index in [4.69, 9.17) is 16.3 Å². The van der Waals surface area contributed by atoms with Crippen LogP contribution >= 0.6 is 23.4 Å². The van der Waals surface area contributed by atoms with Crippen molar-refractivity contribution < 1.29 is 37.4 Å². The third-order valence-electron chi connectivity index (χ3n) is 6.60. The van der Waals surface area contributed by atoms with Gasteiger partial charge in [-0.2, -0.15) is 18.3 Å². The van der Waals surface area contributed by atoms with Crippen LogP contribution in [0.3, 0.4) is 0 Å². The third kappa shape index (κ3) is 4.67. The lowest BCUT2D eigenvalue weighted by molar-refractivity contribution is -0.159. The minimum atomic E-state index is -4.58. The van der Waals surface area contributed by atoms with Crippen LogP contribution in [0.15, 0.2) is 47.5 Å². The van der Waals surface area contributed by atoms with Crippen LogP contribution in [0.2, 0.25) is 5.02 Å². The number of carboxylic acid groups (broad SMARTS) is 1. The number of hydrogen-bond acceptors (Lipinski definition) is 6. The van der Waals surface area contributed by atoms with E-state index < -0.39 is 34.4 Å². The summed E-state index contributed by atoms with van der Waals surface area (Å²) in [7, 11) is 0. The highest BCUT2D eigenvalue weighted by atomic mass is 35.5. The van der Waals surface area contributed by atoms with Crippen molar-refractivity contribution in [1.82, 2.24) is 14.7 Å². The standard InChI is InChI=1S/C25H19ClF3N3O5S/c26-17-3-2-15(18(11-17)25(27,28)29)13-31-19-4-1-14(9-16(19)12-30-31)10-20-21(33)32(23(36)38-20)24(22(34)35)5-7-37-8-6-24/h1-4,9-12H,5-8,13H2,(H,34,35). The zero-order valence-electron chi connectivity index (χ0n) is 19.5. The van der Waals surface area contributed by atoms with E-state index in [0.717, 1.165) is 11.0 Å². The van der Waals surface area contributed by atoms with Crippen molar-refractivity contribution in [2.75, 3.05) is 13.2 Å². The summed E-state index contributed by atoms with van der Waals surface area (Å²) in [5.41, 5.74) is -1.39. The molecule has 2 saturated heterocycles. The molecule has 2 aliphatic heterocycles. The molecular weight excluding hydrogens is 547 g/mol. The molecular formula is C25H19ClF3N3O5S. The Balaban J connectivity index is 1.42. The van der Waals surface area contributed by atoms with Gasteiger partial charge in [-0.25, -0.2) is 4.79 Å². The smallest absolute Gasteiger partial charge is 0.416 e. The van der Waals surface area contributed by atoms with Crippen LogP contribution in [-0.2, 0) is 27.0 Å². The number of carboxylic acids is 1. The summed E-state index contributed by atoms with van der Waals surface area (Å²) in [6.45, 7) is 0.0944. The van der Waals surface area contributed by atoms with Gasteiger partial charge in [0.15, 0.2) is 5.54 Å². The average molecular weight is 566 g/mol. The highest BCUT2D eigenvalue weighted by molar-refractivity contribution is 8.18. The molecule has 0 atom stereocenters. The van der Waals surface area contributed by atoms with Gasteiger partial charge in [0.2, 0.25) is 0 Å². The Labute approximate surface area is 223 Å². The van der Waals surface area contributed by atoms with E-state index in [-0.39, 0.29) is 48.1 Å². The van der Waals surface area contributed by atoms with Crippen LogP contribution in [0.1, 0.15) is 29.5 Å². The normalized spacial score (nSPS) is 19.1. The monoisotopic (exact) mass is 565 g/mol. The molecule has 1 aromatic heterocycles. The summed E-state index contributed by atoms with van der Waals surface area (Å²) in [4.78, 5) is 38.8. The van der Waals surface area contributed by atoms with Crippen molar-refractivity contribution in [3.8, 4) is 0 Å². The lowest BCUT2D eigenvalue weighted by Crippen LogP contribution is -2.59. The first kappa shape index (κ1) is 26.3. The molecule has 3 heterocycles. The van der Waals surface area contributed by atoms with Gasteiger partial charge in [-0.1, -0.05) is 23.7 Å².